The van der Waals surface area contributed by atoms with Crippen LogP contribution in [0.15, 0.2) is 0 Å². The molecule has 0 aromatic heterocycles. The van der Waals surface area contributed by atoms with Gasteiger partial charge in [0.1, 0.15) is 0 Å². The van der Waals surface area contributed by atoms with E-state index in [-0.39, 0.29) is 0 Å². The summed E-state index contributed by atoms with van der Waals surface area (Å²) in [7, 11) is 0. The van der Waals surface area contributed by atoms with Crippen LogP contribution >= 0.6 is 0 Å². The monoisotopic (exact) mass is 254 g/mol. The van der Waals surface area contributed by atoms with Crippen LogP contribution in [0.5, 0.6) is 0 Å². The van der Waals surface area contributed by atoms with Crippen LogP contribution in [-0.2, 0) is 4.74 Å². The molecule has 2 atom stereocenters. The summed E-state index contributed by atoms with van der Waals surface area (Å²) < 4.78 is 5.73. The Kier molecular flexibility index (Phi) is 5.93. The molecule has 2 aliphatic rings. The summed E-state index contributed by atoms with van der Waals surface area (Å²) in [4.78, 5) is 2.61. The van der Waals surface area contributed by atoms with Crippen molar-refractivity contribution in [3.63, 3.8) is 0 Å². The van der Waals surface area contributed by atoms with Crippen LogP contribution in [0.25, 0.3) is 0 Å². The van der Waals surface area contributed by atoms with Crippen molar-refractivity contribution in [3.8, 4) is 0 Å². The lowest BCUT2D eigenvalue weighted by Crippen LogP contribution is -2.44. The van der Waals surface area contributed by atoms with Crippen LogP contribution in [0.1, 0.15) is 46.0 Å². The Morgan fingerprint density at radius 3 is 2.67 bits per heavy atom. The molecule has 0 amide bonds. The van der Waals surface area contributed by atoms with E-state index >= 15 is 0 Å². The van der Waals surface area contributed by atoms with Gasteiger partial charge in [-0.15, -0.1) is 0 Å². The van der Waals surface area contributed by atoms with Gasteiger partial charge >= 0.3 is 0 Å². The average molecular weight is 254 g/mol. The van der Waals surface area contributed by atoms with Gasteiger partial charge in [-0.3, -0.25) is 0 Å². The molecule has 3 heteroatoms. The molecule has 106 valence electrons. The number of hydrogen-bond donors (Lipinski definition) is 1. The van der Waals surface area contributed by atoms with Crippen LogP contribution in [0, 0.1) is 5.92 Å². The first-order valence-electron chi connectivity index (χ1n) is 7.87. The molecular weight excluding hydrogens is 224 g/mol. The molecule has 0 aromatic rings. The van der Waals surface area contributed by atoms with Crippen molar-refractivity contribution in [3.05, 3.63) is 0 Å². The summed E-state index contributed by atoms with van der Waals surface area (Å²) in [6, 6.07) is 0.690. The maximum absolute atomic E-state index is 5.73. The van der Waals surface area contributed by atoms with Crippen molar-refractivity contribution in [1.29, 1.82) is 0 Å². The van der Waals surface area contributed by atoms with Crippen LogP contribution in [0.2, 0.25) is 0 Å². The Labute approximate surface area is 112 Å². The summed E-state index contributed by atoms with van der Waals surface area (Å²) in [5.74, 6) is 0.872. The molecule has 2 unspecified atom stereocenters. The summed E-state index contributed by atoms with van der Waals surface area (Å²) in [6.45, 7) is 10.4. The Morgan fingerprint density at radius 2 is 2.06 bits per heavy atom. The van der Waals surface area contributed by atoms with Gasteiger partial charge in [0.25, 0.3) is 0 Å². The maximum atomic E-state index is 5.73. The van der Waals surface area contributed by atoms with E-state index in [2.05, 4.69) is 24.1 Å². The van der Waals surface area contributed by atoms with Gasteiger partial charge in [-0.25, -0.2) is 0 Å². The molecule has 0 aliphatic carbocycles. The van der Waals surface area contributed by atoms with Crippen molar-refractivity contribution in [2.24, 2.45) is 5.92 Å². The quantitative estimate of drug-likeness (QED) is 0.787. The predicted octanol–water partition coefficient (Wildman–Crippen LogP) is 2.27. The smallest absolute Gasteiger partial charge is 0.0702 e. The lowest BCUT2D eigenvalue weighted by atomic mass is 9.90. The standard InChI is InChI=1S/C15H30N2O/c1-3-8-16-13(2)14-6-9-17(10-7-14)12-15-5-4-11-18-15/h13-16H,3-12H2,1-2H3. The van der Waals surface area contributed by atoms with Crippen molar-refractivity contribution >= 4 is 0 Å². The van der Waals surface area contributed by atoms with Crippen molar-refractivity contribution in [1.82, 2.24) is 10.2 Å². The van der Waals surface area contributed by atoms with Gasteiger partial charge in [0.05, 0.1) is 6.10 Å². The molecule has 0 spiro atoms. The largest absolute Gasteiger partial charge is 0.377 e. The van der Waals surface area contributed by atoms with E-state index in [4.69, 9.17) is 4.74 Å². The van der Waals surface area contributed by atoms with Crippen LogP contribution in [-0.4, -0.2) is 49.8 Å². The normalized spacial score (nSPS) is 28.7. The molecule has 2 saturated heterocycles. The first-order valence-corrected chi connectivity index (χ1v) is 7.87. The fourth-order valence-electron chi connectivity index (χ4n) is 3.25. The summed E-state index contributed by atoms with van der Waals surface area (Å²) >= 11 is 0. The summed E-state index contributed by atoms with van der Waals surface area (Å²) in [5, 5.41) is 3.65. The number of rotatable bonds is 6. The number of hydrogen-bond acceptors (Lipinski definition) is 3. The number of nitrogens with one attached hydrogen (secondary N) is 1. The topological polar surface area (TPSA) is 24.5 Å². The fraction of sp³-hybridized carbons (Fsp3) is 1.00. The third kappa shape index (κ3) is 4.22. The first-order chi connectivity index (χ1) is 8.79. The maximum Gasteiger partial charge on any atom is 0.0702 e. The van der Waals surface area contributed by atoms with Gasteiger partial charge < -0.3 is 15.0 Å². The Balaban J connectivity index is 1.64. The third-order valence-corrected chi connectivity index (χ3v) is 4.54. The van der Waals surface area contributed by atoms with E-state index in [9.17, 15) is 0 Å². The molecule has 18 heavy (non-hydrogen) atoms. The molecular formula is C15H30N2O. The first kappa shape index (κ1) is 14.3. The molecule has 2 heterocycles. The highest BCUT2D eigenvalue weighted by Crippen LogP contribution is 2.22. The van der Waals surface area contributed by atoms with Gasteiger partial charge in [0.15, 0.2) is 0 Å². The van der Waals surface area contributed by atoms with Crippen molar-refractivity contribution in [2.75, 3.05) is 32.8 Å². The van der Waals surface area contributed by atoms with Crippen LogP contribution in [0.4, 0.5) is 0 Å². The Hall–Kier alpha value is -0.120. The fourth-order valence-corrected chi connectivity index (χ4v) is 3.25. The second-order valence-corrected chi connectivity index (χ2v) is 6.02. The van der Waals surface area contributed by atoms with Gasteiger partial charge in [0, 0.05) is 19.2 Å². The second kappa shape index (κ2) is 7.46. The zero-order valence-electron chi connectivity index (χ0n) is 12.2. The summed E-state index contributed by atoms with van der Waals surface area (Å²) in [5.41, 5.74) is 0. The third-order valence-electron chi connectivity index (χ3n) is 4.54. The highest BCUT2D eigenvalue weighted by molar-refractivity contribution is 4.81. The second-order valence-electron chi connectivity index (χ2n) is 6.02. The molecule has 0 saturated carbocycles. The lowest BCUT2D eigenvalue weighted by molar-refractivity contribution is 0.0569. The zero-order valence-corrected chi connectivity index (χ0v) is 12.2. The van der Waals surface area contributed by atoms with E-state index in [0.717, 1.165) is 19.1 Å². The van der Waals surface area contributed by atoms with Crippen LogP contribution in [0.3, 0.4) is 0 Å². The molecule has 0 radical (unpaired) electrons. The number of likely N-dealkylation sites (tertiary alicyclic amines) is 1. The van der Waals surface area contributed by atoms with Crippen LogP contribution < -0.4 is 5.32 Å². The Morgan fingerprint density at radius 1 is 1.28 bits per heavy atom. The van der Waals surface area contributed by atoms with Gasteiger partial charge in [0.2, 0.25) is 0 Å². The lowest BCUT2D eigenvalue weighted by Gasteiger charge is -2.36. The predicted molar refractivity (Wildman–Crippen MR) is 75.9 cm³/mol. The van der Waals surface area contributed by atoms with Gasteiger partial charge in [-0.1, -0.05) is 6.92 Å². The number of nitrogens with zero attached hydrogens (tertiary/aromatic N) is 1. The van der Waals surface area contributed by atoms with Gasteiger partial charge in [-0.2, -0.15) is 0 Å². The highest BCUT2D eigenvalue weighted by atomic mass is 16.5. The number of ether oxygens (including phenoxy) is 1. The highest BCUT2D eigenvalue weighted by Gasteiger charge is 2.26. The summed E-state index contributed by atoms with van der Waals surface area (Å²) in [6.07, 6.45) is 7.00. The van der Waals surface area contributed by atoms with E-state index in [1.165, 1.54) is 51.7 Å². The van der Waals surface area contributed by atoms with Crippen molar-refractivity contribution < 1.29 is 4.74 Å². The molecule has 2 aliphatic heterocycles. The minimum absolute atomic E-state index is 0.525. The van der Waals surface area contributed by atoms with E-state index in [1.54, 1.807) is 0 Å². The Bertz CT molecular complexity index is 221. The molecule has 2 fully saturated rings. The molecule has 2 rings (SSSR count). The van der Waals surface area contributed by atoms with E-state index < -0.39 is 0 Å². The van der Waals surface area contributed by atoms with E-state index in [0.29, 0.717) is 12.1 Å². The minimum Gasteiger partial charge on any atom is -0.377 e. The zero-order chi connectivity index (χ0) is 12.8. The molecule has 1 N–H and O–H groups in total. The SMILES string of the molecule is CCCNC(C)C1CCN(CC2CCCO2)CC1. The average Bonchev–Trinajstić information content (AvgIpc) is 2.89. The van der Waals surface area contributed by atoms with Gasteiger partial charge in [-0.05, 0) is 64.6 Å². The minimum atomic E-state index is 0.525. The van der Waals surface area contributed by atoms with E-state index in [1.807, 2.05) is 0 Å². The molecule has 0 bridgehead atoms. The number of piperidine rings is 1. The molecule has 0 aromatic carbocycles. The van der Waals surface area contributed by atoms with Crippen molar-refractivity contribution in [2.45, 2.75) is 58.1 Å². The molecule has 3 nitrogen and oxygen atoms in total.